The lowest BCUT2D eigenvalue weighted by atomic mass is 9.93. The second-order valence-electron chi connectivity index (χ2n) is 5.73. The van der Waals surface area contributed by atoms with Crippen LogP contribution in [0.4, 0.5) is 0 Å². The quantitative estimate of drug-likeness (QED) is 0.889. The van der Waals surface area contributed by atoms with Crippen molar-refractivity contribution >= 4 is 0 Å². The molecule has 0 saturated heterocycles. The second kappa shape index (κ2) is 6.46. The predicted molar refractivity (Wildman–Crippen MR) is 77.2 cm³/mol. The van der Waals surface area contributed by atoms with E-state index in [0.717, 1.165) is 63.4 Å². The van der Waals surface area contributed by atoms with Gasteiger partial charge in [-0.2, -0.15) is 0 Å². The van der Waals surface area contributed by atoms with Crippen LogP contribution in [0.2, 0.25) is 0 Å². The molecule has 4 heteroatoms. The highest BCUT2D eigenvalue weighted by atomic mass is 16.5. The normalized spacial score (nSPS) is 26.1. The third-order valence-electron chi connectivity index (χ3n) is 4.05. The Morgan fingerprint density at radius 3 is 2.80 bits per heavy atom. The Balaban J connectivity index is 1.59. The van der Waals surface area contributed by atoms with Gasteiger partial charge >= 0.3 is 0 Å². The molecule has 0 aromatic heterocycles. The Morgan fingerprint density at radius 2 is 1.95 bits per heavy atom. The van der Waals surface area contributed by atoms with Gasteiger partial charge in [0.05, 0.1) is 19.3 Å². The van der Waals surface area contributed by atoms with Crippen LogP contribution in [0.15, 0.2) is 18.2 Å². The van der Waals surface area contributed by atoms with Crippen LogP contribution in [0.25, 0.3) is 0 Å². The molecule has 1 fully saturated rings. The summed E-state index contributed by atoms with van der Waals surface area (Å²) in [6.45, 7) is 2.26. The van der Waals surface area contributed by atoms with Gasteiger partial charge in [0.1, 0.15) is 0 Å². The minimum atomic E-state index is -0.134. The van der Waals surface area contributed by atoms with Crippen LogP contribution in [-0.2, 0) is 6.54 Å². The van der Waals surface area contributed by atoms with Gasteiger partial charge in [0.25, 0.3) is 0 Å². The summed E-state index contributed by atoms with van der Waals surface area (Å²) in [6.07, 6.45) is 4.88. The molecule has 2 atom stereocenters. The average molecular weight is 277 g/mol. The summed E-state index contributed by atoms with van der Waals surface area (Å²) in [6, 6.07) is 6.56. The first kappa shape index (κ1) is 13.7. The monoisotopic (exact) mass is 277 g/mol. The molecular weight excluding hydrogens is 254 g/mol. The summed E-state index contributed by atoms with van der Waals surface area (Å²) >= 11 is 0. The molecule has 2 aliphatic rings. The molecule has 3 rings (SSSR count). The number of fused-ring (bicyclic) bond motifs is 1. The van der Waals surface area contributed by atoms with E-state index in [9.17, 15) is 5.11 Å². The number of rotatable bonds is 3. The van der Waals surface area contributed by atoms with Crippen molar-refractivity contribution in [3.63, 3.8) is 0 Å². The van der Waals surface area contributed by atoms with Crippen LogP contribution in [0, 0.1) is 0 Å². The number of ether oxygens (including phenoxy) is 2. The first-order chi connectivity index (χ1) is 9.81. The van der Waals surface area contributed by atoms with Gasteiger partial charge in [-0.3, -0.25) is 0 Å². The summed E-state index contributed by atoms with van der Waals surface area (Å²) < 4.78 is 11.3. The summed E-state index contributed by atoms with van der Waals surface area (Å²) in [7, 11) is 0. The van der Waals surface area contributed by atoms with E-state index < -0.39 is 0 Å². The molecule has 2 N–H and O–H groups in total. The summed E-state index contributed by atoms with van der Waals surface area (Å²) in [5, 5.41) is 13.2. The molecule has 0 amide bonds. The fourth-order valence-corrected chi connectivity index (χ4v) is 2.93. The molecule has 0 spiro atoms. The Labute approximate surface area is 120 Å². The number of benzene rings is 1. The molecule has 1 aliphatic heterocycles. The lowest BCUT2D eigenvalue weighted by molar-refractivity contribution is 0.111. The highest BCUT2D eigenvalue weighted by Gasteiger charge is 2.19. The third kappa shape index (κ3) is 3.44. The molecular formula is C16H23NO3. The van der Waals surface area contributed by atoms with E-state index in [-0.39, 0.29) is 6.10 Å². The van der Waals surface area contributed by atoms with Crippen molar-refractivity contribution in [2.45, 2.75) is 50.8 Å². The number of nitrogens with one attached hydrogen (secondary N) is 1. The molecule has 0 bridgehead atoms. The van der Waals surface area contributed by atoms with E-state index >= 15 is 0 Å². The molecule has 2 unspecified atom stereocenters. The highest BCUT2D eigenvalue weighted by molar-refractivity contribution is 5.43. The van der Waals surface area contributed by atoms with Crippen molar-refractivity contribution in [1.82, 2.24) is 5.32 Å². The lowest BCUT2D eigenvalue weighted by Crippen LogP contribution is -2.35. The molecule has 1 saturated carbocycles. The Hall–Kier alpha value is -1.26. The van der Waals surface area contributed by atoms with E-state index in [4.69, 9.17) is 9.47 Å². The largest absolute Gasteiger partial charge is 0.490 e. The molecule has 110 valence electrons. The Morgan fingerprint density at radius 1 is 1.10 bits per heavy atom. The van der Waals surface area contributed by atoms with Crippen LogP contribution >= 0.6 is 0 Å². The van der Waals surface area contributed by atoms with Gasteiger partial charge in [-0.15, -0.1) is 0 Å². The van der Waals surface area contributed by atoms with E-state index in [1.54, 1.807) is 0 Å². The van der Waals surface area contributed by atoms with Crippen LogP contribution in [0.5, 0.6) is 11.5 Å². The third-order valence-corrected chi connectivity index (χ3v) is 4.05. The van der Waals surface area contributed by atoms with Crippen molar-refractivity contribution in [3.05, 3.63) is 23.8 Å². The maximum atomic E-state index is 9.69. The zero-order chi connectivity index (χ0) is 13.8. The van der Waals surface area contributed by atoms with Gasteiger partial charge in [-0.25, -0.2) is 0 Å². The average Bonchev–Trinajstić information content (AvgIpc) is 2.70. The van der Waals surface area contributed by atoms with Crippen molar-refractivity contribution in [3.8, 4) is 11.5 Å². The second-order valence-corrected chi connectivity index (χ2v) is 5.73. The van der Waals surface area contributed by atoms with Gasteiger partial charge in [0.2, 0.25) is 0 Å². The SMILES string of the molecule is OC1CCCC(NCc2ccc3c(c2)OCCCO3)C1. The Kier molecular flexibility index (Phi) is 4.43. The van der Waals surface area contributed by atoms with E-state index in [1.807, 2.05) is 6.07 Å². The minimum Gasteiger partial charge on any atom is -0.490 e. The topological polar surface area (TPSA) is 50.7 Å². The number of hydrogen-bond donors (Lipinski definition) is 2. The standard InChI is InChI=1S/C16H23NO3/c18-14-4-1-3-13(10-14)17-11-12-5-6-15-16(9-12)20-8-2-7-19-15/h5-6,9,13-14,17-18H,1-4,7-8,10-11H2. The lowest BCUT2D eigenvalue weighted by Gasteiger charge is -2.26. The highest BCUT2D eigenvalue weighted by Crippen LogP contribution is 2.30. The molecule has 1 aromatic rings. The summed E-state index contributed by atoms with van der Waals surface area (Å²) in [5.41, 5.74) is 1.20. The molecule has 1 aliphatic carbocycles. The van der Waals surface area contributed by atoms with E-state index in [2.05, 4.69) is 17.4 Å². The molecule has 20 heavy (non-hydrogen) atoms. The molecule has 4 nitrogen and oxygen atoms in total. The fraction of sp³-hybridized carbons (Fsp3) is 0.625. The maximum absolute atomic E-state index is 9.69. The fourth-order valence-electron chi connectivity index (χ4n) is 2.93. The predicted octanol–water partition coefficient (Wildman–Crippen LogP) is 2.24. The smallest absolute Gasteiger partial charge is 0.161 e. The van der Waals surface area contributed by atoms with Crippen LogP contribution in [0.1, 0.15) is 37.7 Å². The number of aliphatic hydroxyl groups excluding tert-OH is 1. The number of hydrogen-bond acceptors (Lipinski definition) is 4. The Bertz CT molecular complexity index is 449. The summed E-state index contributed by atoms with van der Waals surface area (Å²) in [4.78, 5) is 0. The van der Waals surface area contributed by atoms with Crippen LogP contribution in [-0.4, -0.2) is 30.5 Å². The summed E-state index contributed by atoms with van der Waals surface area (Å²) in [5.74, 6) is 1.70. The minimum absolute atomic E-state index is 0.134. The van der Waals surface area contributed by atoms with Crippen LogP contribution in [0.3, 0.4) is 0 Å². The van der Waals surface area contributed by atoms with Gasteiger partial charge in [-0.1, -0.05) is 6.07 Å². The first-order valence-electron chi connectivity index (χ1n) is 7.61. The molecule has 1 aromatic carbocycles. The zero-order valence-corrected chi connectivity index (χ0v) is 11.8. The van der Waals surface area contributed by atoms with Gasteiger partial charge < -0.3 is 19.9 Å². The van der Waals surface area contributed by atoms with Crippen LogP contribution < -0.4 is 14.8 Å². The van der Waals surface area contributed by atoms with E-state index in [1.165, 1.54) is 5.56 Å². The maximum Gasteiger partial charge on any atom is 0.161 e. The van der Waals surface area contributed by atoms with Gasteiger partial charge in [0, 0.05) is 19.0 Å². The van der Waals surface area contributed by atoms with Crippen molar-refractivity contribution in [2.24, 2.45) is 0 Å². The van der Waals surface area contributed by atoms with Crippen molar-refractivity contribution in [1.29, 1.82) is 0 Å². The van der Waals surface area contributed by atoms with E-state index in [0.29, 0.717) is 6.04 Å². The zero-order valence-electron chi connectivity index (χ0n) is 11.8. The van der Waals surface area contributed by atoms with Gasteiger partial charge in [0.15, 0.2) is 11.5 Å². The number of aliphatic hydroxyl groups is 1. The first-order valence-corrected chi connectivity index (χ1v) is 7.61. The van der Waals surface area contributed by atoms with Crippen molar-refractivity contribution < 1.29 is 14.6 Å². The van der Waals surface area contributed by atoms with Gasteiger partial charge in [-0.05, 0) is 43.4 Å². The molecule has 1 heterocycles. The molecule has 0 radical (unpaired) electrons. The van der Waals surface area contributed by atoms with Crippen molar-refractivity contribution in [2.75, 3.05) is 13.2 Å².